The molecule has 0 aromatic heterocycles. The van der Waals surface area contributed by atoms with Crippen molar-refractivity contribution in [2.75, 3.05) is 26.2 Å². The van der Waals surface area contributed by atoms with Crippen molar-refractivity contribution in [3.63, 3.8) is 0 Å². The second-order valence-corrected chi connectivity index (χ2v) is 5.71. The number of nitrogens with zero attached hydrogens (tertiary/aromatic N) is 1. The van der Waals surface area contributed by atoms with Gasteiger partial charge >= 0.3 is 0 Å². The monoisotopic (exact) mass is 257 g/mol. The molecular weight excluding hydrogens is 226 g/mol. The lowest BCUT2D eigenvalue weighted by Gasteiger charge is -2.21. The Balaban J connectivity index is 3.71. The maximum absolute atomic E-state index is 11.6. The molecule has 0 aromatic carbocycles. The molecule has 0 heterocycles. The molecule has 0 aromatic rings. The van der Waals surface area contributed by atoms with E-state index in [1.807, 2.05) is 13.8 Å². The molecule has 0 aliphatic rings. The first-order valence-corrected chi connectivity index (χ1v) is 7.17. The zero-order valence-electron chi connectivity index (χ0n) is 12.6. The van der Waals surface area contributed by atoms with Gasteiger partial charge in [-0.05, 0) is 52.7 Å². The van der Waals surface area contributed by atoms with Gasteiger partial charge in [-0.25, -0.2) is 0 Å². The number of hydrogen-bond acceptors (Lipinski definition) is 3. The number of nitrogens with one attached hydrogen (secondary N) is 1. The SMILES string of the molecule is CCCN(CCC)CCCC(=O)NCC(C)(C)N. The molecule has 18 heavy (non-hydrogen) atoms. The Bertz CT molecular complexity index is 218. The summed E-state index contributed by atoms with van der Waals surface area (Å²) < 4.78 is 0. The van der Waals surface area contributed by atoms with Crippen molar-refractivity contribution in [2.45, 2.75) is 58.9 Å². The third kappa shape index (κ3) is 10.5. The van der Waals surface area contributed by atoms with E-state index in [0.717, 1.165) is 26.1 Å². The van der Waals surface area contributed by atoms with Crippen molar-refractivity contribution >= 4 is 5.91 Å². The van der Waals surface area contributed by atoms with Crippen LogP contribution in [-0.2, 0) is 4.79 Å². The number of rotatable bonds is 10. The van der Waals surface area contributed by atoms with Gasteiger partial charge in [0.1, 0.15) is 0 Å². The molecule has 0 rings (SSSR count). The molecule has 4 nitrogen and oxygen atoms in total. The Labute approximate surface area is 112 Å². The van der Waals surface area contributed by atoms with Crippen LogP contribution in [0.3, 0.4) is 0 Å². The average Bonchev–Trinajstić information content (AvgIpc) is 2.26. The Morgan fingerprint density at radius 3 is 2.17 bits per heavy atom. The molecule has 4 heteroatoms. The molecule has 0 fully saturated rings. The van der Waals surface area contributed by atoms with Crippen molar-refractivity contribution in [3.8, 4) is 0 Å². The number of amides is 1. The van der Waals surface area contributed by atoms with E-state index in [4.69, 9.17) is 5.73 Å². The van der Waals surface area contributed by atoms with Gasteiger partial charge in [-0.15, -0.1) is 0 Å². The predicted molar refractivity (Wildman–Crippen MR) is 77.5 cm³/mol. The zero-order valence-corrected chi connectivity index (χ0v) is 12.6. The molecule has 0 saturated carbocycles. The van der Waals surface area contributed by atoms with E-state index in [1.165, 1.54) is 12.8 Å². The van der Waals surface area contributed by atoms with Crippen LogP contribution in [0.2, 0.25) is 0 Å². The maximum atomic E-state index is 11.6. The van der Waals surface area contributed by atoms with E-state index in [2.05, 4.69) is 24.1 Å². The van der Waals surface area contributed by atoms with Crippen molar-refractivity contribution in [1.82, 2.24) is 10.2 Å². The first kappa shape index (κ1) is 17.4. The summed E-state index contributed by atoms with van der Waals surface area (Å²) in [7, 11) is 0. The summed E-state index contributed by atoms with van der Waals surface area (Å²) in [6, 6.07) is 0. The number of hydrogen-bond donors (Lipinski definition) is 2. The fourth-order valence-electron chi connectivity index (χ4n) is 1.85. The molecule has 0 aliphatic heterocycles. The predicted octanol–water partition coefficient (Wildman–Crippen LogP) is 1.74. The molecule has 0 radical (unpaired) electrons. The lowest BCUT2D eigenvalue weighted by atomic mass is 10.1. The Hall–Kier alpha value is -0.610. The minimum atomic E-state index is -0.327. The van der Waals surface area contributed by atoms with Crippen LogP contribution < -0.4 is 11.1 Å². The largest absolute Gasteiger partial charge is 0.354 e. The summed E-state index contributed by atoms with van der Waals surface area (Å²) in [4.78, 5) is 14.0. The van der Waals surface area contributed by atoms with Crippen LogP contribution in [0.25, 0.3) is 0 Å². The van der Waals surface area contributed by atoms with E-state index in [1.54, 1.807) is 0 Å². The van der Waals surface area contributed by atoms with Gasteiger partial charge in [0.05, 0.1) is 0 Å². The van der Waals surface area contributed by atoms with E-state index < -0.39 is 0 Å². The van der Waals surface area contributed by atoms with Gasteiger partial charge < -0.3 is 16.0 Å². The Morgan fingerprint density at radius 1 is 1.17 bits per heavy atom. The van der Waals surface area contributed by atoms with Crippen LogP contribution in [0.15, 0.2) is 0 Å². The first-order chi connectivity index (χ1) is 8.39. The lowest BCUT2D eigenvalue weighted by molar-refractivity contribution is -0.121. The molecule has 0 aliphatic carbocycles. The average molecular weight is 257 g/mol. The Morgan fingerprint density at radius 2 is 1.72 bits per heavy atom. The van der Waals surface area contributed by atoms with E-state index in [0.29, 0.717) is 13.0 Å². The third-order valence-electron chi connectivity index (χ3n) is 2.70. The highest BCUT2D eigenvalue weighted by Gasteiger charge is 2.12. The molecule has 0 atom stereocenters. The summed E-state index contributed by atoms with van der Waals surface area (Å²) in [5.41, 5.74) is 5.49. The highest BCUT2D eigenvalue weighted by Crippen LogP contribution is 1.99. The van der Waals surface area contributed by atoms with E-state index >= 15 is 0 Å². The summed E-state index contributed by atoms with van der Waals surface area (Å²) >= 11 is 0. The van der Waals surface area contributed by atoms with Gasteiger partial charge in [0, 0.05) is 18.5 Å². The van der Waals surface area contributed by atoms with Gasteiger partial charge in [0.15, 0.2) is 0 Å². The van der Waals surface area contributed by atoms with Crippen LogP contribution in [-0.4, -0.2) is 42.5 Å². The fourth-order valence-corrected chi connectivity index (χ4v) is 1.85. The van der Waals surface area contributed by atoms with Crippen LogP contribution in [0.5, 0.6) is 0 Å². The first-order valence-electron chi connectivity index (χ1n) is 7.17. The van der Waals surface area contributed by atoms with E-state index in [9.17, 15) is 4.79 Å². The van der Waals surface area contributed by atoms with Crippen LogP contribution >= 0.6 is 0 Å². The highest BCUT2D eigenvalue weighted by atomic mass is 16.1. The minimum absolute atomic E-state index is 0.112. The van der Waals surface area contributed by atoms with Crippen molar-refractivity contribution < 1.29 is 4.79 Å². The van der Waals surface area contributed by atoms with Gasteiger partial charge in [0.25, 0.3) is 0 Å². The van der Waals surface area contributed by atoms with Crippen molar-refractivity contribution in [2.24, 2.45) is 5.73 Å². The second kappa shape index (κ2) is 9.34. The number of carbonyl (C=O) groups excluding carboxylic acids is 1. The lowest BCUT2D eigenvalue weighted by Crippen LogP contribution is -2.45. The molecule has 0 unspecified atom stereocenters. The van der Waals surface area contributed by atoms with Crippen molar-refractivity contribution in [1.29, 1.82) is 0 Å². The topological polar surface area (TPSA) is 58.4 Å². The Kier molecular flexibility index (Phi) is 9.02. The summed E-state index contributed by atoms with van der Waals surface area (Å²) in [5.74, 6) is 0.112. The van der Waals surface area contributed by atoms with Gasteiger partial charge in [0.2, 0.25) is 5.91 Å². The van der Waals surface area contributed by atoms with Crippen molar-refractivity contribution in [3.05, 3.63) is 0 Å². The maximum Gasteiger partial charge on any atom is 0.220 e. The summed E-state index contributed by atoms with van der Waals surface area (Å²) in [6.07, 6.45) is 3.87. The molecule has 3 N–H and O–H groups in total. The van der Waals surface area contributed by atoms with Gasteiger partial charge in [-0.2, -0.15) is 0 Å². The van der Waals surface area contributed by atoms with Gasteiger partial charge in [-0.1, -0.05) is 13.8 Å². The standard InChI is InChI=1S/C14H31N3O/c1-5-9-17(10-6-2)11-7-8-13(18)16-12-14(3,4)15/h5-12,15H2,1-4H3,(H,16,18). The number of carbonyl (C=O) groups is 1. The molecule has 0 saturated heterocycles. The number of nitrogens with two attached hydrogens (primary N) is 1. The van der Waals surface area contributed by atoms with Crippen LogP contribution in [0.4, 0.5) is 0 Å². The zero-order chi connectivity index (χ0) is 14.0. The molecule has 0 spiro atoms. The van der Waals surface area contributed by atoms with Crippen LogP contribution in [0, 0.1) is 0 Å². The second-order valence-electron chi connectivity index (χ2n) is 5.71. The summed E-state index contributed by atoms with van der Waals surface area (Å²) in [5, 5.41) is 2.88. The van der Waals surface area contributed by atoms with E-state index in [-0.39, 0.29) is 11.4 Å². The fraction of sp³-hybridized carbons (Fsp3) is 0.929. The summed E-state index contributed by atoms with van der Waals surface area (Å²) in [6.45, 7) is 12.0. The van der Waals surface area contributed by atoms with Crippen LogP contribution in [0.1, 0.15) is 53.4 Å². The highest BCUT2D eigenvalue weighted by molar-refractivity contribution is 5.75. The molecular formula is C14H31N3O. The normalized spacial score (nSPS) is 11.9. The minimum Gasteiger partial charge on any atom is -0.354 e. The third-order valence-corrected chi connectivity index (χ3v) is 2.70. The quantitative estimate of drug-likeness (QED) is 0.627. The smallest absolute Gasteiger partial charge is 0.220 e. The molecule has 108 valence electrons. The molecule has 1 amide bonds. The molecule has 0 bridgehead atoms. The van der Waals surface area contributed by atoms with Gasteiger partial charge in [-0.3, -0.25) is 4.79 Å².